The number of nitrogens with one attached hydrogen (secondary N) is 1. The number of nitrogens with zero attached hydrogens (tertiary/aromatic N) is 2. The Bertz CT molecular complexity index is 956. The van der Waals surface area contributed by atoms with E-state index in [0.29, 0.717) is 5.71 Å². The lowest BCUT2D eigenvalue weighted by molar-refractivity contribution is -0.134. The zero-order valence-corrected chi connectivity index (χ0v) is 17.1. The van der Waals surface area contributed by atoms with Crippen molar-refractivity contribution >= 4 is 23.2 Å². The summed E-state index contributed by atoms with van der Waals surface area (Å²) in [6, 6.07) is 15.5. The van der Waals surface area contributed by atoms with Gasteiger partial charge in [0.15, 0.2) is 0 Å². The van der Waals surface area contributed by atoms with Crippen LogP contribution < -0.4 is 5.32 Å². The molecule has 0 atom stereocenters. The van der Waals surface area contributed by atoms with Gasteiger partial charge in [-0.1, -0.05) is 54.4 Å². The summed E-state index contributed by atoms with van der Waals surface area (Å²) in [5.74, 6) is -0.325. The van der Waals surface area contributed by atoms with Gasteiger partial charge in [-0.25, -0.2) is 0 Å². The Balaban J connectivity index is 1.59. The molecule has 5 nitrogen and oxygen atoms in total. The Morgan fingerprint density at radius 3 is 2.41 bits per heavy atom. The number of benzene rings is 2. The smallest absolute Gasteiger partial charge is 0.275 e. The molecule has 5 heteroatoms. The maximum Gasteiger partial charge on any atom is 0.275 e. The Labute approximate surface area is 171 Å². The maximum atomic E-state index is 13.3. The van der Waals surface area contributed by atoms with Gasteiger partial charge in [0.2, 0.25) is 5.91 Å². The molecule has 0 unspecified atom stereocenters. The van der Waals surface area contributed by atoms with Crippen molar-refractivity contribution < 1.29 is 9.59 Å². The largest absolute Gasteiger partial charge is 0.324 e. The molecule has 0 aromatic heterocycles. The van der Waals surface area contributed by atoms with Crippen molar-refractivity contribution in [3.05, 3.63) is 65.2 Å². The van der Waals surface area contributed by atoms with Crippen LogP contribution in [0.3, 0.4) is 0 Å². The molecular weight excluding hydrogens is 362 g/mol. The van der Waals surface area contributed by atoms with Crippen LogP contribution in [-0.2, 0) is 9.59 Å². The minimum Gasteiger partial charge on any atom is -0.324 e. The summed E-state index contributed by atoms with van der Waals surface area (Å²) in [5, 5.41) is 2.96. The molecule has 2 aliphatic rings. The predicted octanol–water partition coefficient (Wildman–Crippen LogP) is 4.23. The van der Waals surface area contributed by atoms with Crippen molar-refractivity contribution in [3.8, 4) is 0 Å². The first kappa shape index (κ1) is 19.4. The summed E-state index contributed by atoms with van der Waals surface area (Å²) in [7, 11) is 0. The minimum atomic E-state index is -0.585. The van der Waals surface area contributed by atoms with Crippen molar-refractivity contribution in [3.63, 3.8) is 0 Å². The molecule has 0 saturated heterocycles. The maximum absolute atomic E-state index is 13.3. The van der Waals surface area contributed by atoms with Crippen LogP contribution in [-0.4, -0.2) is 34.6 Å². The van der Waals surface area contributed by atoms with E-state index in [4.69, 9.17) is 4.99 Å². The van der Waals surface area contributed by atoms with Crippen LogP contribution in [0.15, 0.2) is 53.5 Å². The zero-order valence-electron chi connectivity index (χ0n) is 17.1. The predicted molar refractivity (Wildman–Crippen MR) is 115 cm³/mol. The van der Waals surface area contributed by atoms with E-state index < -0.39 is 5.66 Å². The van der Waals surface area contributed by atoms with Crippen LogP contribution in [0.25, 0.3) is 0 Å². The highest BCUT2D eigenvalue weighted by Gasteiger charge is 2.48. The van der Waals surface area contributed by atoms with Gasteiger partial charge in [0.05, 0.1) is 0 Å². The molecule has 2 aromatic carbocycles. The van der Waals surface area contributed by atoms with E-state index >= 15 is 0 Å². The summed E-state index contributed by atoms with van der Waals surface area (Å²) in [5.41, 5.74) is 3.64. The summed E-state index contributed by atoms with van der Waals surface area (Å²) in [6.07, 6.45) is 4.81. The fourth-order valence-electron chi connectivity index (χ4n) is 4.30. The summed E-state index contributed by atoms with van der Waals surface area (Å²) >= 11 is 0. The third-order valence-corrected chi connectivity index (χ3v) is 5.97. The molecule has 1 heterocycles. The second-order valence-corrected chi connectivity index (χ2v) is 8.12. The van der Waals surface area contributed by atoms with Crippen LogP contribution in [0, 0.1) is 13.8 Å². The fourth-order valence-corrected chi connectivity index (χ4v) is 4.30. The number of hydrogen-bond acceptors (Lipinski definition) is 3. The van der Waals surface area contributed by atoms with Gasteiger partial charge < -0.3 is 10.2 Å². The molecule has 2 aromatic rings. The average molecular weight is 389 g/mol. The number of aliphatic imine (C=N–C) groups is 1. The van der Waals surface area contributed by atoms with E-state index in [1.165, 1.54) is 0 Å². The van der Waals surface area contributed by atoms with Crippen molar-refractivity contribution in [1.82, 2.24) is 4.90 Å². The standard InChI is InChI=1S/C24H27N3O2/c1-17-10-12-19(13-11-17)22-23(29)27(24(26-22)14-6-3-7-15-24)16-21(28)25-20-9-5-4-8-18(20)2/h4-5,8-13H,3,6-7,14-16H2,1-2H3,(H,25,28). The summed E-state index contributed by atoms with van der Waals surface area (Å²) in [6.45, 7) is 4.00. The minimum absolute atomic E-state index is 0.0199. The van der Waals surface area contributed by atoms with Crippen LogP contribution >= 0.6 is 0 Å². The second-order valence-electron chi connectivity index (χ2n) is 8.12. The first-order valence-electron chi connectivity index (χ1n) is 10.3. The van der Waals surface area contributed by atoms with Crippen molar-refractivity contribution in [1.29, 1.82) is 0 Å². The lowest BCUT2D eigenvalue weighted by Gasteiger charge is -2.38. The molecule has 1 N–H and O–H groups in total. The van der Waals surface area contributed by atoms with Crippen molar-refractivity contribution in [2.45, 2.75) is 51.6 Å². The average Bonchev–Trinajstić information content (AvgIpc) is 2.97. The van der Waals surface area contributed by atoms with Crippen LogP contribution in [0.2, 0.25) is 0 Å². The van der Waals surface area contributed by atoms with Gasteiger partial charge >= 0.3 is 0 Å². The Hall–Kier alpha value is -2.95. The normalized spacial score (nSPS) is 18.1. The van der Waals surface area contributed by atoms with Gasteiger partial charge in [-0.2, -0.15) is 0 Å². The molecular formula is C24H27N3O2. The van der Waals surface area contributed by atoms with Crippen LogP contribution in [0.5, 0.6) is 0 Å². The Morgan fingerprint density at radius 1 is 1.03 bits per heavy atom. The summed E-state index contributed by atoms with van der Waals surface area (Å²) in [4.78, 5) is 32.8. The third-order valence-electron chi connectivity index (χ3n) is 5.97. The molecule has 0 radical (unpaired) electrons. The highest BCUT2D eigenvalue weighted by atomic mass is 16.2. The fraction of sp³-hybridized carbons (Fsp3) is 0.375. The van der Waals surface area contributed by atoms with Crippen molar-refractivity contribution in [2.24, 2.45) is 4.99 Å². The van der Waals surface area contributed by atoms with Crippen molar-refractivity contribution in [2.75, 3.05) is 11.9 Å². The molecule has 4 rings (SSSR count). The Kier molecular flexibility index (Phi) is 5.22. The van der Waals surface area contributed by atoms with Crippen LogP contribution in [0.1, 0.15) is 48.8 Å². The zero-order chi connectivity index (χ0) is 20.4. The molecule has 1 aliphatic heterocycles. The van der Waals surface area contributed by atoms with E-state index in [-0.39, 0.29) is 18.4 Å². The monoisotopic (exact) mass is 389 g/mol. The molecule has 1 saturated carbocycles. The second kappa shape index (κ2) is 7.82. The number of aryl methyl sites for hydroxylation is 2. The SMILES string of the molecule is Cc1ccc(C2=NC3(CCCCC3)N(CC(=O)Nc3ccccc3C)C2=O)cc1. The van der Waals surface area contributed by atoms with Gasteiger partial charge in [0, 0.05) is 11.3 Å². The molecule has 2 amide bonds. The molecule has 1 aliphatic carbocycles. The quantitative estimate of drug-likeness (QED) is 0.850. The topological polar surface area (TPSA) is 61.8 Å². The molecule has 0 bridgehead atoms. The molecule has 150 valence electrons. The first-order valence-corrected chi connectivity index (χ1v) is 10.3. The lowest BCUT2D eigenvalue weighted by Crippen LogP contribution is -2.51. The molecule has 29 heavy (non-hydrogen) atoms. The number of amides is 2. The van der Waals surface area contributed by atoms with Gasteiger partial charge in [0.25, 0.3) is 5.91 Å². The Morgan fingerprint density at radius 2 is 1.72 bits per heavy atom. The number of hydrogen-bond donors (Lipinski definition) is 1. The van der Waals surface area contributed by atoms with Crippen LogP contribution in [0.4, 0.5) is 5.69 Å². The third kappa shape index (κ3) is 3.82. The van der Waals surface area contributed by atoms with Gasteiger partial charge in [-0.3, -0.25) is 14.6 Å². The van der Waals surface area contributed by atoms with Gasteiger partial charge in [0.1, 0.15) is 17.9 Å². The number of rotatable bonds is 4. The highest BCUT2D eigenvalue weighted by molar-refractivity contribution is 6.47. The number of anilines is 1. The number of para-hydroxylation sites is 1. The molecule has 1 fully saturated rings. The summed E-state index contributed by atoms with van der Waals surface area (Å²) < 4.78 is 0. The van der Waals surface area contributed by atoms with Gasteiger partial charge in [-0.15, -0.1) is 0 Å². The first-order chi connectivity index (χ1) is 14.0. The van der Waals surface area contributed by atoms with E-state index in [2.05, 4.69) is 5.32 Å². The van der Waals surface area contributed by atoms with E-state index in [1.807, 2.05) is 62.4 Å². The van der Waals surface area contributed by atoms with Gasteiger partial charge in [-0.05, 0) is 51.2 Å². The van der Waals surface area contributed by atoms with E-state index in [9.17, 15) is 9.59 Å². The van der Waals surface area contributed by atoms with E-state index in [0.717, 1.165) is 54.5 Å². The lowest BCUT2D eigenvalue weighted by atomic mass is 9.88. The number of carbonyl (C=O) groups excluding carboxylic acids is 2. The molecule has 1 spiro atoms. The van der Waals surface area contributed by atoms with E-state index in [1.54, 1.807) is 4.90 Å². The number of carbonyl (C=O) groups is 2. The highest BCUT2D eigenvalue weighted by Crippen LogP contribution is 2.39.